The summed E-state index contributed by atoms with van der Waals surface area (Å²) in [5.74, 6) is 0.157. The quantitative estimate of drug-likeness (QED) is 0.780. The van der Waals surface area contributed by atoms with Gasteiger partial charge in [0.25, 0.3) is 0 Å². The molecule has 0 saturated carbocycles. The maximum Gasteiger partial charge on any atom is 0.126 e. The fourth-order valence-electron chi connectivity index (χ4n) is 1.33. The van der Waals surface area contributed by atoms with Gasteiger partial charge in [0.2, 0.25) is 0 Å². The van der Waals surface area contributed by atoms with Crippen LogP contribution >= 0.6 is 11.6 Å². The van der Waals surface area contributed by atoms with E-state index in [1.807, 2.05) is 12.1 Å². The lowest BCUT2D eigenvalue weighted by atomic mass is 10.1. The van der Waals surface area contributed by atoms with Crippen molar-refractivity contribution < 1.29 is 4.39 Å². The number of alkyl halides is 1. The lowest BCUT2D eigenvalue weighted by Crippen LogP contribution is -1.84. The molecule has 1 N–H and O–H groups in total. The zero-order valence-electron chi connectivity index (χ0n) is 8.22. The van der Waals surface area contributed by atoms with E-state index < -0.39 is 0 Å². The second-order valence-electron chi connectivity index (χ2n) is 3.38. The number of aryl methyl sites for hydroxylation is 1. The summed E-state index contributed by atoms with van der Waals surface area (Å²) in [6, 6.07) is 6.87. The number of halogens is 2. The molecule has 0 fully saturated rings. The molecule has 1 aromatic carbocycles. The van der Waals surface area contributed by atoms with Crippen LogP contribution in [0.2, 0.25) is 0 Å². The summed E-state index contributed by atoms with van der Waals surface area (Å²) < 4.78 is 13.3. The average molecular weight is 225 g/mol. The molecule has 2 nitrogen and oxygen atoms in total. The van der Waals surface area contributed by atoms with E-state index in [0.29, 0.717) is 17.1 Å². The van der Waals surface area contributed by atoms with Crippen LogP contribution < -0.4 is 0 Å². The van der Waals surface area contributed by atoms with Gasteiger partial charge in [0.05, 0.1) is 17.3 Å². The van der Waals surface area contributed by atoms with E-state index in [4.69, 9.17) is 11.6 Å². The molecule has 0 saturated heterocycles. The minimum atomic E-state index is -0.220. The molecule has 0 aliphatic heterocycles. The molecule has 0 aliphatic carbocycles. The van der Waals surface area contributed by atoms with Gasteiger partial charge in [-0.2, -0.15) is 5.10 Å². The Labute approximate surface area is 92.1 Å². The second kappa shape index (κ2) is 4.03. The Bertz CT molecular complexity index is 479. The van der Waals surface area contributed by atoms with Crippen LogP contribution in [-0.4, -0.2) is 10.2 Å². The second-order valence-corrected chi connectivity index (χ2v) is 3.64. The first kappa shape index (κ1) is 10.2. The molecule has 2 rings (SSSR count). The molecule has 0 unspecified atom stereocenters. The summed E-state index contributed by atoms with van der Waals surface area (Å²) in [6.45, 7) is 1.73. The van der Waals surface area contributed by atoms with Crippen LogP contribution in [-0.2, 0) is 5.88 Å². The largest absolute Gasteiger partial charge is 0.281 e. The molecule has 2 aromatic rings. The minimum absolute atomic E-state index is 0.220. The van der Waals surface area contributed by atoms with Crippen molar-refractivity contribution >= 4 is 11.6 Å². The number of nitrogens with zero attached hydrogens (tertiary/aromatic N) is 1. The third-order valence-corrected chi connectivity index (χ3v) is 2.53. The number of aromatic nitrogens is 2. The van der Waals surface area contributed by atoms with Crippen molar-refractivity contribution in [3.8, 4) is 11.3 Å². The fraction of sp³-hybridized carbons (Fsp3) is 0.182. The summed E-state index contributed by atoms with van der Waals surface area (Å²) in [7, 11) is 0. The summed E-state index contributed by atoms with van der Waals surface area (Å²) >= 11 is 5.64. The Morgan fingerprint density at radius 2 is 2.20 bits per heavy atom. The highest BCUT2D eigenvalue weighted by atomic mass is 35.5. The Morgan fingerprint density at radius 1 is 1.40 bits per heavy atom. The van der Waals surface area contributed by atoms with E-state index in [0.717, 1.165) is 11.3 Å². The standard InChI is InChI=1S/C11H10ClFN2/c1-7-2-3-8(4-10(7)13)11-5-9(6-12)14-15-11/h2-5H,6H2,1H3,(H,14,15). The Kier molecular flexibility index (Phi) is 2.73. The van der Waals surface area contributed by atoms with Crippen molar-refractivity contribution in [2.45, 2.75) is 12.8 Å². The van der Waals surface area contributed by atoms with Crippen molar-refractivity contribution in [2.75, 3.05) is 0 Å². The molecule has 0 radical (unpaired) electrons. The lowest BCUT2D eigenvalue weighted by molar-refractivity contribution is 0.619. The topological polar surface area (TPSA) is 28.7 Å². The number of benzene rings is 1. The molecule has 4 heteroatoms. The van der Waals surface area contributed by atoms with E-state index in [9.17, 15) is 4.39 Å². The minimum Gasteiger partial charge on any atom is -0.281 e. The number of H-pyrrole nitrogens is 1. The Hall–Kier alpha value is -1.35. The summed E-state index contributed by atoms with van der Waals surface area (Å²) in [4.78, 5) is 0. The highest BCUT2D eigenvalue weighted by Crippen LogP contribution is 2.20. The number of nitrogens with one attached hydrogen (secondary N) is 1. The van der Waals surface area contributed by atoms with Crippen molar-refractivity contribution in [2.24, 2.45) is 0 Å². The monoisotopic (exact) mass is 224 g/mol. The fourth-order valence-corrected chi connectivity index (χ4v) is 1.47. The van der Waals surface area contributed by atoms with Crippen LogP contribution in [0, 0.1) is 12.7 Å². The maximum atomic E-state index is 13.3. The average Bonchev–Trinajstić information content (AvgIpc) is 2.70. The van der Waals surface area contributed by atoms with Gasteiger partial charge in [0.15, 0.2) is 0 Å². The first-order valence-corrected chi connectivity index (χ1v) is 5.11. The van der Waals surface area contributed by atoms with Crippen LogP contribution in [0.15, 0.2) is 24.3 Å². The van der Waals surface area contributed by atoms with Crippen molar-refractivity contribution in [1.29, 1.82) is 0 Å². The van der Waals surface area contributed by atoms with Crippen LogP contribution in [0.4, 0.5) is 4.39 Å². The predicted octanol–water partition coefficient (Wildman–Crippen LogP) is 3.26. The van der Waals surface area contributed by atoms with Gasteiger partial charge in [0, 0.05) is 5.56 Å². The molecule has 0 atom stereocenters. The molecular formula is C11H10ClFN2. The molecule has 0 spiro atoms. The molecule has 0 amide bonds. The molecular weight excluding hydrogens is 215 g/mol. The zero-order chi connectivity index (χ0) is 10.8. The van der Waals surface area contributed by atoms with Crippen LogP contribution in [0.1, 0.15) is 11.3 Å². The predicted molar refractivity (Wildman–Crippen MR) is 58.3 cm³/mol. The first-order valence-electron chi connectivity index (χ1n) is 4.57. The summed E-state index contributed by atoms with van der Waals surface area (Å²) in [6.07, 6.45) is 0. The summed E-state index contributed by atoms with van der Waals surface area (Å²) in [5, 5.41) is 6.84. The van der Waals surface area contributed by atoms with Crippen molar-refractivity contribution in [1.82, 2.24) is 10.2 Å². The molecule has 1 aromatic heterocycles. The zero-order valence-corrected chi connectivity index (χ0v) is 8.98. The molecule has 78 valence electrons. The molecule has 1 heterocycles. The van der Waals surface area contributed by atoms with Crippen LogP contribution in [0.3, 0.4) is 0 Å². The van der Waals surface area contributed by atoms with Gasteiger partial charge < -0.3 is 0 Å². The van der Waals surface area contributed by atoms with Gasteiger partial charge in [-0.25, -0.2) is 4.39 Å². The first-order chi connectivity index (χ1) is 7.20. The van der Waals surface area contributed by atoms with E-state index >= 15 is 0 Å². The smallest absolute Gasteiger partial charge is 0.126 e. The molecule has 0 aliphatic rings. The van der Waals surface area contributed by atoms with E-state index in [1.165, 1.54) is 6.07 Å². The Morgan fingerprint density at radius 3 is 2.80 bits per heavy atom. The third-order valence-electron chi connectivity index (χ3n) is 2.24. The molecule has 0 bridgehead atoms. The van der Waals surface area contributed by atoms with Gasteiger partial charge in [-0.3, -0.25) is 5.10 Å². The van der Waals surface area contributed by atoms with Gasteiger partial charge >= 0.3 is 0 Å². The third kappa shape index (κ3) is 2.02. The number of hydrogen-bond donors (Lipinski definition) is 1. The number of rotatable bonds is 2. The normalized spacial score (nSPS) is 10.6. The summed E-state index contributed by atoms with van der Waals surface area (Å²) in [5.41, 5.74) is 2.93. The van der Waals surface area contributed by atoms with Crippen molar-refractivity contribution in [3.63, 3.8) is 0 Å². The van der Waals surface area contributed by atoms with Gasteiger partial charge in [0.1, 0.15) is 5.82 Å². The van der Waals surface area contributed by atoms with E-state index in [-0.39, 0.29) is 5.82 Å². The molecule has 15 heavy (non-hydrogen) atoms. The maximum absolute atomic E-state index is 13.3. The SMILES string of the molecule is Cc1ccc(-c2cc(CCl)[nH]n2)cc1F. The number of hydrogen-bond acceptors (Lipinski definition) is 1. The van der Waals surface area contributed by atoms with Gasteiger partial charge in [-0.1, -0.05) is 12.1 Å². The highest BCUT2D eigenvalue weighted by Gasteiger charge is 2.05. The van der Waals surface area contributed by atoms with Gasteiger partial charge in [-0.05, 0) is 24.6 Å². The van der Waals surface area contributed by atoms with Gasteiger partial charge in [-0.15, -0.1) is 11.6 Å². The van der Waals surface area contributed by atoms with E-state index in [1.54, 1.807) is 13.0 Å². The van der Waals surface area contributed by atoms with Crippen molar-refractivity contribution in [3.05, 3.63) is 41.3 Å². The highest BCUT2D eigenvalue weighted by molar-refractivity contribution is 6.16. The van der Waals surface area contributed by atoms with E-state index in [2.05, 4.69) is 10.2 Å². The van der Waals surface area contributed by atoms with Crippen LogP contribution in [0.25, 0.3) is 11.3 Å². The van der Waals surface area contributed by atoms with Crippen LogP contribution in [0.5, 0.6) is 0 Å². The number of aromatic amines is 1. The lowest BCUT2D eigenvalue weighted by Gasteiger charge is -1.98. The Balaban J connectivity index is 2.40.